The van der Waals surface area contributed by atoms with Crippen LogP contribution in [0.2, 0.25) is 0 Å². The predicted molar refractivity (Wildman–Crippen MR) is 74.7 cm³/mol. The summed E-state index contributed by atoms with van der Waals surface area (Å²) in [6.07, 6.45) is 6.01. The summed E-state index contributed by atoms with van der Waals surface area (Å²) in [5.74, 6) is -1.87. The molecule has 0 radical (unpaired) electrons. The van der Waals surface area contributed by atoms with Crippen molar-refractivity contribution in [3.63, 3.8) is 0 Å². The third-order valence-electron chi connectivity index (χ3n) is 1.95. The molecule has 0 amide bonds. The molecule has 0 aliphatic heterocycles. The quantitative estimate of drug-likeness (QED) is 0.644. The van der Waals surface area contributed by atoms with Crippen LogP contribution >= 0.6 is 0 Å². The second kappa shape index (κ2) is 9.41. The highest BCUT2D eigenvalue weighted by Gasteiger charge is 1.95. The van der Waals surface area contributed by atoms with Crippen molar-refractivity contribution in [2.45, 2.75) is 6.92 Å². The van der Waals surface area contributed by atoms with Crippen molar-refractivity contribution in [1.29, 1.82) is 0 Å². The maximum atomic E-state index is 10.4. The lowest BCUT2D eigenvalue weighted by molar-refractivity contribution is -0.133. The first-order valence-electron chi connectivity index (χ1n) is 5.46. The van der Waals surface area contributed by atoms with E-state index in [2.05, 4.69) is 6.58 Å². The van der Waals surface area contributed by atoms with Crippen molar-refractivity contribution >= 4 is 18.0 Å². The number of allylic oxidation sites excluding steroid dienone is 2. The molecule has 2 N–H and O–H groups in total. The van der Waals surface area contributed by atoms with E-state index >= 15 is 0 Å². The van der Waals surface area contributed by atoms with Crippen molar-refractivity contribution in [3.05, 3.63) is 66.3 Å². The van der Waals surface area contributed by atoms with E-state index in [4.69, 9.17) is 10.2 Å². The smallest absolute Gasteiger partial charge is 0.331 e. The van der Waals surface area contributed by atoms with Crippen LogP contribution in [0.5, 0.6) is 0 Å². The maximum absolute atomic E-state index is 10.4. The van der Waals surface area contributed by atoms with Crippen LogP contribution in [-0.4, -0.2) is 22.2 Å². The van der Waals surface area contributed by atoms with Gasteiger partial charge in [-0.05, 0) is 12.5 Å². The van der Waals surface area contributed by atoms with Crippen molar-refractivity contribution in [2.24, 2.45) is 0 Å². The molecule has 0 heterocycles. The Labute approximate surface area is 112 Å². The summed E-state index contributed by atoms with van der Waals surface area (Å²) >= 11 is 0. The minimum atomic E-state index is -0.981. The first-order valence-corrected chi connectivity index (χ1v) is 5.46. The number of carboxylic acid groups (broad SMARTS) is 2. The molecule has 0 bridgehead atoms. The van der Waals surface area contributed by atoms with Gasteiger partial charge in [0.05, 0.1) is 0 Å². The van der Waals surface area contributed by atoms with E-state index in [0.717, 1.165) is 11.6 Å². The molecule has 4 nitrogen and oxygen atoms in total. The monoisotopic (exact) mass is 260 g/mol. The summed E-state index contributed by atoms with van der Waals surface area (Å²) in [6.45, 7) is 4.53. The van der Waals surface area contributed by atoms with E-state index in [9.17, 15) is 9.59 Å². The molecule has 0 saturated carbocycles. The van der Waals surface area contributed by atoms with Gasteiger partial charge < -0.3 is 10.2 Å². The summed E-state index contributed by atoms with van der Waals surface area (Å²) in [5.41, 5.74) is 1.39. The molecule has 4 heteroatoms. The highest BCUT2D eigenvalue weighted by molar-refractivity contribution is 5.86. The first kappa shape index (κ1) is 16.4. The Bertz CT molecular complexity index is 484. The van der Waals surface area contributed by atoms with E-state index in [-0.39, 0.29) is 0 Å². The van der Waals surface area contributed by atoms with Crippen LogP contribution in [0, 0.1) is 0 Å². The number of rotatable bonds is 4. The molecule has 0 spiro atoms. The number of carbonyl (C=O) groups is 2. The van der Waals surface area contributed by atoms with Gasteiger partial charge in [-0.15, -0.1) is 0 Å². The predicted octanol–water partition coefficient (Wildman–Crippen LogP) is 2.99. The summed E-state index contributed by atoms with van der Waals surface area (Å²) in [7, 11) is 0. The minimum Gasteiger partial charge on any atom is -0.478 e. The molecule has 0 unspecified atom stereocenters. The molecule has 0 aromatic heterocycles. The van der Waals surface area contributed by atoms with Crippen molar-refractivity contribution < 1.29 is 19.8 Å². The van der Waals surface area contributed by atoms with Gasteiger partial charge in [-0.2, -0.15) is 0 Å². The molecule has 0 aliphatic rings. The molecular weight excluding hydrogens is 244 g/mol. The Morgan fingerprint density at radius 3 is 2.11 bits per heavy atom. The fourth-order valence-corrected chi connectivity index (χ4v) is 0.939. The number of hydrogen-bond acceptors (Lipinski definition) is 2. The standard InChI is InChI=1S/C12H12O2.C3H4O2/c1-10(12(13)14)6-5-9-11-7-3-2-4-8-11;1-2-3(4)5/h2-9H,1H3,(H,13,14);2H,1H2,(H,4,5). The Morgan fingerprint density at radius 1 is 1.16 bits per heavy atom. The van der Waals surface area contributed by atoms with Crippen molar-refractivity contribution in [3.8, 4) is 0 Å². The van der Waals surface area contributed by atoms with Gasteiger partial charge in [-0.3, -0.25) is 0 Å². The Balaban J connectivity index is 0.000000555. The second-order valence-corrected chi connectivity index (χ2v) is 3.47. The molecule has 0 aliphatic carbocycles. The third kappa shape index (κ3) is 9.12. The zero-order valence-electron chi connectivity index (χ0n) is 10.6. The van der Waals surface area contributed by atoms with Gasteiger partial charge in [0.25, 0.3) is 0 Å². The second-order valence-electron chi connectivity index (χ2n) is 3.47. The van der Waals surface area contributed by atoms with E-state index in [1.807, 2.05) is 36.4 Å². The lowest BCUT2D eigenvalue weighted by Gasteiger charge is -1.90. The number of carboxylic acids is 2. The van der Waals surface area contributed by atoms with Crippen LogP contribution < -0.4 is 0 Å². The SMILES string of the molecule is C=CC(=O)O.CC(=CC=Cc1ccccc1)C(=O)O. The molecule has 0 atom stereocenters. The van der Waals surface area contributed by atoms with E-state index < -0.39 is 11.9 Å². The normalized spacial score (nSPS) is 10.5. The van der Waals surface area contributed by atoms with E-state index in [0.29, 0.717) is 5.57 Å². The molecular formula is C15H16O4. The van der Waals surface area contributed by atoms with Crippen LogP contribution in [0.15, 0.2) is 60.7 Å². The molecule has 1 aromatic rings. The molecule has 0 fully saturated rings. The van der Waals surface area contributed by atoms with Gasteiger partial charge in [0.15, 0.2) is 0 Å². The zero-order valence-corrected chi connectivity index (χ0v) is 10.6. The summed E-state index contributed by atoms with van der Waals surface area (Å²) < 4.78 is 0. The minimum absolute atomic E-state index is 0.331. The average molecular weight is 260 g/mol. The van der Waals surface area contributed by atoms with E-state index in [1.54, 1.807) is 19.1 Å². The number of aliphatic carboxylic acids is 2. The van der Waals surface area contributed by atoms with Gasteiger partial charge >= 0.3 is 11.9 Å². The summed E-state index contributed by atoms with van der Waals surface area (Å²) in [6, 6.07) is 9.73. The molecule has 100 valence electrons. The maximum Gasteiger partial charge on any atom is 0.331 e. The molecule has 1 aromatic carbocycles. The lowest BCUT2D eigenvalue weighted by Crippen LogP contribution is -1.94. The average Bonchev–Trinajstić information content (AvgIpc) is 2.40. The van der Waals surface area contributed by atoms with Gasteiger partial charge in [-0.25, -0.2) is 9.59 Å². The Hall–Kier alpha value is -2.62. The molecule has 0 saturated heterocycles. The Kier molecular flexibility index (Phi) is 8.12. The van der Waals surface area contributed by atoms with Gasteiger partial charge in [0.2, 0.25) is 0 Å². The van der Waals surface area contributed by atoms with Crippen molar-refractivity contribution in [1.82, 2.24) is 0 Å². The number of hydrogen-bond donors (Lipinski definition) is 2. The molecule has 19 heavy (non-hydrogen) atoms. The number of benzene rings is 1. The van der Waals surface area contributed by atoms with Crippen molar-refractivity contribution in [2.75, 3.05) is 0 Å². The van der Waals surface area contributed by atoms with Crippen LogP contribution in [0.25, 0.3) is 6.08 Å². The third-order valence-corrected chi connectivity index (χ3v) is 1.95. The van der Waals surface area contributed by atoms with Crippen LogP contribution in [0.4, 0.5) is 0 Å². The van der Waals surface area contributed by atoms with E-state index in [1.165, 1.54) is 0 Å². The van der Waals surface area contributed by atoms with Gasteiger partial charge in [0.1, 0.15) is 0 Å². The highest BCUT2D eigenvalue weighted by Crippen LogP contribution is 2.02. The topological polar surface area (TPSA) is 74.6 Å². The zero-order chi connectivity index (χ0) is 14.7. The highest BCUT2D eigenvalue weighted by atomic mass is 16.4. The fourth-order valence-electron chi connectivity index (χ4n) is 0.939. The Morgan fingerprint density at radius 2 is 1.68 bits per heavy atom. The fraction of sp³-hybridized carbons (Fsp3) is 0.0667. The largest absolute Gasteiger partial charge is 0.478 e. The molecule has 1 rings (SSSR count). The lowest BCUT2D eigenvalue weighted by atomic mass is 10.2. The van der Waals surface area contributed by atoms with Crippen LogP contribution in [0.3, 0.4) is 0 Å². The first-order chi connectivity index (χ1) is 8.97. The van der Waals surface area contributed by atoms with Gasteiger partial charge in [-0.1, -0.05) is 55.1 Å². The van der Waals surface area contributed by atoms with Crippen LogP contribution in [-0.2, 0) is 9.59 Å². The summed E-state index contributed by atoms with van der Waals surface area (Å²) in [5, 5.41) is 16.2. The van der Waals surface area contributed by atoms with Gasteiger partial charge in [0, 0.05) is 11.6 Å². The van der Waals surface area contributed by atoms with Crippen LogP contribution in [0.1, 0.15) is 12.5 Å². The summed E-state index contributed by atoms with van der Waals surface area (Å²) in [4.78, 5) is 19.7.